The lowest BCUT2D eigenvalue weighted by molar-refractivity contribution is -0.0927. The summed E-state index contributed by atoms with van der Waals surface area (Å²) in [5.74, 6) is 0. The normalized spacial score (nSPS) is 19.5. The molecule has 4 rings (SSSR count). The fourth-order valence-corrected chi connectivity index (χ4v) is 4.37. The number of urea groups is 1. The number of benzene rings is 1. The molecule has 1 aliphatic carbocycles. The molecule has 1 aliphatic heterocycles. The van der Waals surface area contributed by atoms with Gasteiger partial charge in [0.2, 0.25) is 0 Å². The zero-order valence-corrected chi connectivity index (χ0v) is 16.7. The first-order valence-corrected chi connectivity index (χ1v) is 10.4. The summed E-state index contributed by atoms with van der Waals surface area (Å²) in [7, 11) is 0. The van der Waals surface area contributed by atoms with Gasteiger partial charge in [0.15, 0.2) is 0 Å². The monoisotopic (exact) mass is 399 g/mol. The minimum Gasteiger partial charge on any atom is -0.371 e. The summed E-state index contributed by atoms with van der Waals surface area (Å²) in [6.07, 6.45) is 6.88. The van der Waals surface area contributed by atoms with Crippen LogP contribution in [0.3, 0.4) is 0 Å². The zero-order chi connectivity index (χ0) is 19.4. The number of ether oxygens (including phenoxy) is 1. The second kappa shape index (κ2) is 8.50. The Labute approximate surface area is 171 Å². The van der Waals surface area contributed by atoms with Crippen molar-refractivity contribution in [2.24, 2.45) is 0 Å². The molecule has 2 fully saturated rings. The van der Waals surface area contributed by atoms with Crippen LogP contribution in [0.1, 0.15) is 43.0 Å². The lowest BCUT2D eigenvalue weighted by Crippen LogP contribution is -2.55. The van der Waals surface area contributed by atoms with Gasteiger partial charge < -0.3 is 15.0 Å². The number of amides is 2. The quantitative estimate of drug-likeness (QED) is 0.830. The molecule has 2 amide bonds. The highest BCUT2D eigenvalue weighted by atomic mass is 35.5. The van der Waals surface area contributed by atoms with E-state index in [0.29, 0.717) is 31.1 Å². The summed E-state index contributed by atoms with van der Waals surface area (Å²) >= 11 is 6.01. The smallest absolute Gasteiger partial charge is 0.318 e. The molecular weight excluding hydrogens is 374 g/mol. The molecule has 1 aromatic heterocycles. The van der Waals surface area contributed by atoms with Crippen molar-refractivity contribution >= 4 is 17.6 Å². The van der Waals surface area contributed by atoms with Crippen LogP contribution in [-0.2, 0) is 11.2 Å². The van der Waals surface area contributed by atoms with Gasteiger partial charge in [-0.1, -0.05) is 42.6 Å². The highest BCUT2D eigenvalue weighted by molar-refractivity contribution is 6.30. The van der Waals surface area contributed by atoms with Gasteiger partial charge in [0, 0.05) is 17.8 Å². The van der Waals surface area contributed by atoms with E-state index in [-0.39, 0.29) is 17.7 Å². The minimum absolute atomic E-state index is 0.0424. The van der Waals surface area contributed by atoms with E-state index in [1.54, 1.807) is 6.20 Å². The molecule has 2 heterocycles. The number of morpholine rings is 1. The van der Waals surface area contributed by atoms with Gasteiger partial charge >= 0.3 is 6.03 Å². The SMILES string of the molecule is O=C(NC(Cc1ccc(Cl)cc1)c1ccccn1)N1CCOC2(CCCC2)C1. The molecule has 1 spiro atoms. The molecule has 1 N–H and O–H groups in total. The van der Waals surface area contributed by atoms with Gasteiger partial charge in [-0.3, -0.25) is 4.98 Å². The van der Waals surface area contributed by atoms with E-state index >= 15 is 0 Å². The summed E-state index contributed by atoms with van der Waals surface area (Å²) < 4.78 is 6.06. The summed E-state index contributed by atoms with van der Waals surface area (Å²) in [5.41, 5.74) is 1.83. The van der Waals surface area contributed by atoms with Crippen LogP contribution in [0, 0.1) is 0 Å². The Bertz CT molecular complexity index is 791. The van der Waals surface area contributed by atoms with Crippen molar-refractivity contribution < 1.29 is 9.53 Å². The third-order valence-corrected chi connectivity index (χ3v) is 6.00. The third kappa shape index (κ3) is 4.47. The largest absolute Gasteiger partial charge is 0.371 e. The van der Waals surface area contributed by atoms with Crippen molar-refractivity contribution in [1.29, 1.82) is 0 Å². The van der Waals surface area contributed by atoms with E-state index in [1.807, 2.05) is 47.4 Å². The van der Waals surface area contributed by atoms with Crippen molar-refractivity contribution in [3.8, 4) is 0 Å². The van der Waals surface area contributed by atoms with Gasteiger partial charge in [0.1, 0.15) is 0 Å². The maximum Gasteiger partial charge on any atom is 0.318 e. The molecule has 6 heteroatoms. The number of rotatable bonds is 4. The lowest BCUT2D eigenvalue weighted by atomic mass is 9.99. The van der Waals surface area contributed by atoms with Crippen LogP contribution in [0.2, 0.25) is 5.02 Å². The number of hydrogen-bond acceptors (Lipinski definition) is 3. The molecule has 28 heavy (non-hydrogen) atoms. The summed E-state index contributed by atoms with van der Waals surface area (Å²) in [6.45, 7) is 1.91. The van der Waals surface area contributed by atoms with E-state index in [4.69, 9.17) is 16.3 Å². The average molecular weight is 400 g/mol. The third-order valence-electron chi connectivity index (χ3n) is 5.75. The Hall–Kier alpha value is -2.11. The van der Waals surface area contributed by atoms with Crippen LogP contribution in [0.25, 0.3) is 0 Å². The molecule has 1 unspecified atom stereocenters. The lowest BCUT2D eigenvalue weighted by Gasteiger charge is -2.40. The molecule has 1 saturated heterocycles. The first-order valence-electron chi connectivity index (χ1n) is 9.98. The van der Waals surface area contributed by atoms with Crippen LogP contribution < -0.4 is 5.32 Å². The summed E-state index contributed by atoms with van der Waals surface area (Å²) in [5, 5.41) is 3.91. The second-order valence-electron chi connectivity index (χ2n) is 7.75. The predicted molar refractivity (Wildman–Crippen MR) is 109 cm³/mol. The fraction of sp³-hybridized carbons (Fsp3) is 0.455. The number of nitrogens with one attached hydrogen (secondary N) is 1. The van der Waals surface area contributed by atoms with Gasteiger partial charge in [-0.25, -0.2) is 4.79 Å². The van der Waals surface area contributed by atoms with Gasteiger partial charge in [-0.15, -0.1) is 0 Å². The standard InChI is InChI=1S/C22H26ClN3O2/c23-18-8-6-17(7-9-18)15-20(19-5-1-4-12-24-19)25-21(27)26-13-14-28-22(16-26)10-2-3-11-22/h1,4-9,12,20H,2-3,10-11,13-16H2,(H,25,27). The Kier molecular flexibility index (Phi) is 5.83. The van der Waals surface area contributed by atoms with Crippen molar-refractivity contribution in [3.05, 3.63) is 64.9 Å². The van der Waals surface area contributed by atoms with E-state index < -0.39 is 0 Å². The molecule has 5 nitrogen and oxygen atoms in total. The summed E-state index contributed by atoms with van der Waals surface area (Å²) in [4.78, 5) is 19.5. The molecular formula is C22H26ClN3O2. The maximum atomic E-state index is 13.1. The van der Waals surface area contributed by atoms with Crippen LogP contribution in [0.4, 0.5) is 4.79 Å². The first kappa shape index (κ1) is 19.2. The molecule has 2 aromatic rings. The van der Waals surface area contributed by atoms with Crippen molar-refractivity contribution in [3.63, 3.8) is 0 Å². The number of aromatic nitrogens is 1. The predicted octanol–water partition coefficient (Wildman–Crippen LogP) is 4.37. The first-order chi connectivity index (χ1) is 13.6. The second-order valence-corrected chi connectivity index (χ2v) is 8.18. The number of carbonyl (C=O) groups excluding carboxylic acids is 1. The molecule has 148 valence electrons. The van der Waals surface area contributed by atoms with Gasteiger partial charge in [0.05, 0.1) is 30.5 Å². The van der Waals surface area contributed by atoms with Crippen molar-refractivity contribution in [2.45, 2.75) is 43.7 Å². The topological polar surface area (TPSA) is 54.5 Å². The molecule has 1 atom stereocenters. The Balaban J connectivity index is 1.48. The van der Waals surface area contributed by atoms with Gasteiger partial charge in [-0.2, -0.15) is 0 Å². The molecule has 1 saturated carbocycles. The van der Waals surface area contributed by atoms with Gasteiger partial charge in [-0.05, 0) is 49.1 Å². The highest BCUT2D eigenvalue weighted by Gasteiger charge is 2.40. The number of halogens is 1. The van der Waals surface area contributed by atoms with E-state index in [9.17, 15) is 4.79 Å². The number of hydrogen-bond donors (Lipinski definition) is 1. The minimum atomic E-state index is -0.197. The molecule has 1 aromatic carbocycles. The van der Waals surface area contributed by atoms with Crippen molar-refractivity contribution in [2.75, 3.05) is 19.7 Å². The van der Waals surface area contributed by atoms with Crippen LogP contribution in [-0.4, -0.2) is 41.2 Å². The Morgan fingerprint density at radius 1 is 1.21 bits per heavy atom. The fourth-order valence-electron chi connectivity index (χ4n) is 4.25. The molecule has 0 radical (unpaired) electrons. The Morgan fingerprint density at radius 2 is 2.00 bits per heavy atom. The van der Waals surface area contributed by atoms with E-state index in [2.05, 4.69) is 10.3 Å². The molecule has 0 bridgehead atoms. The number of nitrogens with zero attached hydrogens (tertiary/aromatic N) is 2. The molecule has 2 aliphatic rings. The van der Waals surface area contributed by atoms with E-state index in [0.717, 1.165) is 24.1 Å². The number of carbonyl (C=O) groups is 1. The average Bonchev–Trinajstić information content (AvgIpc) is 3.17. The van der Waals surface area contributed by atoms with Crippen LogP contribution >= 0.6 is 11.6 Å². The van der Waals surface area contributed by atoms with Crippen molar-refractivity contribution in [1.82, 2.24) is 15.2 Å². The van der Waals surface area contributed by atoms with E-state index in [1.165, 1.54) is 12.8 Å². The summed E-state index contributed by atoms with van der Waals surface area (Å²) in [6, 6.07) is 13.3. The Morgan fingerprint density at radius 3 is 2.71 bits per heavy atom. The zero-order valence-electron chi connectivity index (χ0n) is 15.9. The van der Waals surface area contributed by atoms with Gasteiger partial charge in [0.25, 0.3) is 0 Å². The van der Waals surface area contributed by atoms with Crippen LogP contribution in [0.15, 0.2) is 48.7 Å². The van der Waals surface area contributed by atoms with Crippen LogP contribution in [0.5, 0.6) is 0 Å². The highest BCUT2D eigenvalue weighted by Crippen LogP contribution is 2.36. The maximum absolute atomic E-state index is 13.1. The number of pyridine rings is 1.